The smallest absolute Gasteiger partial charge is 0.0172 e. The van der Waals surface area contributed by atoms with Crippen LogP contribution in [0.15, 0.2) is 17.5 Å². The minimum atomic E-state index is 0.633. The summed E-state index contributed by atoms with van der Waals surface area (Å²) in [6, 6.07) is 5.28. The molecule has 1 unspecified atom stereocenters. The van der Waals surface area contributed by atoms with Crippen molar-refractivity contribution in [1.82, 2.24) is 5.32 Å². The van der Waals surface area contributed by atoms with Gasteiger partial charge >= 0.3 is 0 Å². The van der Waals surface area contributed by atoms with E-state index in [2.05, 4.69) is 29.8 Å². The van der Waals surface area contributed by atoms with Gasteiger partial charge in [-0.25, -0.2) is 0 Å². The maximum absolute atomic E-state index is 3.97. The van der Waals surface area contributed by atoms with Crippen molar-refractivity contribution in [2.24, 2.45) is 23.2 Å². The van der Waals surface area contributed by atoms with Crippen LogP contribution in [0.1, 0.15) is 56.7 Å². The van der Waals surface area contributed by atoms with Gasteiger partial charge in [0.2, 0.25) is 0 Å². The molecule has 0 aliphatic heterocycles. The molecule has 21 heavy (non-hydrogen) atoms. The van der Waals surface area contributed by atoms with Crippen LogP contribution >= 0.6 is 11.3 Å². The molecule has 4 aliphatic carbocycles. The van der Waals surface area contributed by atoms with E-state index in [9.17, 15) is 0 Å². The van der Waals surface area contributed by atoms with Gasteiger partial charge in [0.1, 0.15) is 0 Å². The zero-order chi connectivity index (χ0) is 14.3. The Kier molecular flexibility index (Phi) is 3.87. The summed E-state index contributed by atoms with van der Waals surface area (Å²) in [7, 11) is 0. The first kappa shape index (κ1) is 14.3. The molecule has 4 bridgehead atoms. The Hall–Kier alpha value is -0.340. The Labute approximate surface area is 133 Å². The van der Waals surface area contributed by atoms with E-state index in [1.807, 2.05) is 11.3 Å². The van der Waals surface area contributed by atoms with Gasteiger partial charge in [0, 0.05) is 10.9 Å². The fourth-order valence-corrected chi connectivity index (χ4v) is 6.81. The van der Waals surface area contributed by atoms with Crippen LogP contribution in [0.3, 0.4) is 0 Å². The SMILES string of the molecule is CCCNC(Cc1cccs1)C12CC3CC(CC(C3)C1)C2. The minimum absolute atomic E-state index is 0.633. The highest BCUT2D eigenvalue weighted by atomic mass is 32.1. The molecular weight excluding hydrogens is 274 g/mol. The van der Waals surface area contributed by atoms with Gasteiger partial charge in [-0.15, -0.1) is 11.3 Å². The molecule has 4 aliphatic rings. The lowest BCUT2D eigenvalue weighted by Gasteiger charge is -2.59. The molecule has 1 heterocycles. The van der Waals surface area contributed by atoms with Crippen molar-refractivity contribution in [2.75, 3.05) is 6.54 Å². The van der Waals surface area contributed by atoms with Crippen molar-refractivity contribution in [2.45, 2.75) is 64.3 Å². The zero-order valence-corrected chi connectivity index (χ0v) is 14.1. The van der Waals surface area contributed by atoms with Crippen LogP contribution in [0.2, 0.25) is 0 Å². The van der Waals surface area contributed by atoms with Crippen molar-refractivity contribution in [3.63, 3.8) is 0 Å². The lowest BCUT2D eigenvalue weighted by molar-refractivity contribution is -0.0735. The summed E-state index contributed by atoms with van der Waals surface area (Å²) in [6.45, 7) is 3.49. The normalized spacial score (nSPS) is 38.8. The molecule has 0 aromatic carbocycles. The van der Waals surface area contributed by atoms with Crippen molar-refractivity contribution in [3.8, 4) is 0 Å². The summed E-state index contributed by atoms with van der Waals surface area (Å²) in [5, 5.41) is 6.21. The van der Waals surface area contributed by atoms with Crippen LogP contribution in [-0.4, -0.2) is 12.6 Å². The molecule has 0 radical (unpaired) electrons. The molecule has 1 atom stereocenters. The highest BCUT2D eigenvalue weighted by Gasteiger charge is 2.53. The van der Waals surface area contributed by atoms with Crippen LogP contribution < -0.4 is 5.32 Å². The van der Waals surface area contributed by atoms with Gasteiger partial charge in [0.05, 0.1) is 0 Å². The summed E-state index contributed by atoms with van der Waals surface area (Å²) >= 11 is 1.95. The first-order valence-corrected chi connectivity index (χ1v) is 9.91. The summed E-state index contributed by atoms with van der Waals surface area (Å²) in [6.07, 6.45) is 11.7. The molecule has 1 aromatic heterocycles. The predicted molar refractivity (Wildman–Crippen MR) is 90.7 cm³/mol. The Balaban J connectivity index is 1.56. The lowest BCUT2D eigenvalue weighted by Crippen LogP contribution is -2.56. The average molecular weight is 304 g/mol. The minimum Gasteiger partial charge on any atom is -0.313 e. The van der Waals surface area contributed by atoms with E-state index in [-0.39, 0.29) is 0 Å². The van der Waals surface area contributed by atoms with Crippen molar-refractivity contribution < 1.29 is 0 Å². The lowest BCUT2D eigenvalue weighted by atomic mass is 9.47. The first-order chi connectivity index (χ1) is 10.3. The molecule has 1 nitrogen and oxygen atoms in total. The van der Waals surface area contributed by atoms with Crippen LogP contribution in [0.4, 0.5) is 0 Å². The fraction of sp³-hybridized carbons (Fsp3) is 0.789. The molecule has 4 fully saturated rings. The summed E-state index contributed by atoms with van der Waals surface area (Å²) in [4.78, 5) is 1.58. The van der Waals surface area contributed by atoms with E-state index in [4.69, 9.17) is 0 Å². The van der Waals surface area contributed by atoms with Crippen LogP contribution in [0.5, 0.6) is 0 Å². The van der Waals surface area contributed by atoms with E-state index in [0.717, 1.165) is 23.8 Å². The zero-order valence-electron chi connectivity index (χ0n) is 13.3. The van der Waals surface area contributed by atoms with Gasteiger partial charge in [-0.3, -0.25) is 0 Å². The molecule has 5 rings (SSSR count). The standard InChI is InChI=1S/C19H29NS/c1-2-5-20-18(10-17-4-3-6-21-17)19-11-14-7-15(12-19)9-16(8-14)13-19/h3-4,6,14-16,18,20H,2,5,7-13H2,1H3. The van der Waals surface area contributed by atoms with Crippen LogP contribution in [-0.2, 0) is 6.42 Å². The maximum atomic E-state index is 3.97. The monoisotopic (exact) mass is 303 g/mol. The van der Waals surface area contributed by atoms with Gasteiger partial charge in [-0.05, 0) is 92.5 Å². The van der Waals surface area contributed by atoms with E-state index in [1.165, 1.54) is 38.6 Å². The molecule has 1 N–H and O–H groups in total. The topological polar surface area (TPSA) is 12.0 Å². The van der Waals surface area contributed by atoms with Gasteiger partial charge in [-0.2, -0.15) is 0 Å². The predicted octanol–water partition coefficient (Wildman–Crippen LogP) is 4.88. The second-order valence-electron chi connectivity index (χ2n) is 8.07. The van der Waals surface area contributed by atoms with E-state index >= 15 is 0 Å². The molecule has 1 aromatic rings. The number of thiophene rings is 1. The highest BCUT2D eigenvalue weighted by Crippen LogP contribution is 2.61. The second kappa shape index (κ2) is 5.70. The molecule has 0 saturated heterocycles. The van der Waals surface area contributed by atoms with E-state index < -0.39 is 0 Å². The third kappa shape index (κ3) is 2.70. The summed E-state index contributed by atoms with van der Waals surface area (Å²) in [5.74, 6) is 3.18. The number of hydrogen-bond donors (Lipinski definition) is 1. The Morgan fingerprint density at radius 2 is 1.86 bits per heavy atom. The Bertz CT molecular complexity index is 429. The van der Waals surface area contributed by atoms with Gasteiger partial charge in [-0.1, -0.05) is 13.0 Å². The molecule has 116 valence electrons. The number of nitrogens with one attached hydrogen (secondary N) is 1. The van der Waals surface area contributed by atoms with Crippen molar-refractivity contribution in [3.05, 3.63) is 22.4 Å². The molecule has 2 heteroatoms. The number of rotatable bonds is 6. The molecular formula is C19H29NS. The van der Waals surface area contributed by atoms with Crippen LogP contribution in [0.25, 0.3) is 0 Å². The van der Waals surface area contributed by atoms with Crippen molar-refractivity contribution >= 4 is 11.3 Å². The Morgan fingerprint density at radius 1 is 1.19 bits per heavy atom. The summed E-state index contributed by atoms with van der Waals surface area (Å²) in [5.41, 5.74) is 0.633. The molecule has 0 amide bonds. The summed E-state index contributed by atoms with van der Waals surface area (Å²) < 4.78 is 0. The molecule has 0 spiro atoms. The first-order valence-electron chi connectivity index (χ1n) is 9.03. The van der Waals surface area contributed by atoms with Gasteiger partial charge in [0.15, 0.2) is 0 Å². The van der Waals surface area contributed by atoms with E-state index in [1.54, 1.807) is 24.1 Å². The third-order valence-electron chi connectivity index (χ3n) is 6.45. The largest absolute Gasteiger partial charge is 0.313 e. The van der Waals surface area contributed by atoms with Gasteiger partial charge in [0.25, 0.3) is 0 Å². The van der Waals surface area contributed by atoms with Crippen LogP contribution in [0, 0.1) is 23.2 Å². The van der Waals surface area contributed by atoms with E-state index in [0.29, 0.717) is 5.41 Å². The number of hydrogen-bond acceptors (Lipinski definition) is 2. The fourth-order valence-electron chi connectivity index (χ4n) is 6.06. The molecule has 4 saturated carbocycles. The highest BCUT2D eigenvalue weighted by molar-refractivity contribution is 7.09. The third-order valence-corrected chi connectivity index (χ3v) is 7.35. The van der Waals surface area contributed by atoms with Gasteiger partial charge < -0.3 is 5.32 Å². The second-order valence-corrected chi connectivity index (χ2v) is 9.10. The average Bonchev–Trinajstić information content (AvgIpc) is 2.94. The maximum Gasteiger partial charge on any atom is 0.0172 e. The quantitative estimate of drug-likeness (QED) is 0.790. The Morgan fingerprint density at radius 3 is 2.38 bits per heavy atom. The van der Waals surface area contributed by atoms with Crippen molar-refractivity contribution in [1.29, 1.82) is 0 Å².